The second-order valence-electron chi connectivity index (χ2n) is 7.51. The highest BCUT2D eigenvalue weighted by Crippen LogP contribution is 2.27. The van der Waals surface area contributed by atoms with Crippen molar-refractivity contribution in [3.63, 3.8) is 0 Å². The second-order valence-corrected chi connectivity index (χ2v) is 7.51. The zero-order valence-corrected chi connectivity index (χ0v) is 17.6. The number of aromatic amines is 1. The van der Waals surface area contributed by atoms with Gasteiger partial charge in [0.25, 0.3) is 5.91 Å². The molecule has 0 radical (unpaired) electrons. The molecule has 168 valence electrons. The van der Waals surface area contributed by atoms with Crippen LogP contribution in [0.5, 0.6) is 5.75 Å². The van der Waals surface area contributed by atoms with Crippen LogP contribution in [0.3, 0.4) is 0 Å². The van der Waals surface area contributed by atoms with Gasteiger partial charge in [0, 0.05) is 25.7 Å². The monoisotopic (exact) mass is 450 g/mol. The van der Waals surface area contributed by atoms with Crippen LogP contribution in [-0.4, -0.2) is 55.7 Å². The molecule has 0 saturated carbocycles. The third-order valence-electron chi connectivity index (χ3n) is 5.65. The fraction of sp³-hybridized carbons (Fsp3) is 0.333. The molecule has 1 amide bonds. The molecule has 4 rings (SSSR count). The number of nitrogens with one attached hydrogen (secondary N) is 1. The number of hydrogen-bond donors (Lipinski definition) is 4. The van der Waals surface area contributed by atoms with Crippen molar-refractivity contribution in [3.05, 3.63) is 64.1 Å². The predicted octanol–water partition coefficient (Wildman–Crippen LogP) is 1.10. The molecule has 31 heavy (non-hydrogen) atoms. The molecule has 10 heteroatoms. The number of aliphatic hydroxyl groups excluding tert-OH is 1. The number of carbonyl (C=O) groups excluding carboxylic acids is 1. The summed E-state index contributed by atoms with van der Waals surface area (Å²) in [5.41, 5.74) is 7.46. The lowest BCUT2D eigenvalue weighted by molar-refractivity contribution is 0.0904. The van der Waals surface area contributed by atoms with E-state index in [0.29, 0.717) is 12.1 Å². The molecule has 2 aromatic carbocycles. The first-order chi connectivity index (χ1) is 13.9. The van der Waals surface area contributed by atoms with E-state index in [1.165, 1.54) is 12.1 Å². The number of likely N-dealkylation sites (tertiary alicyclic amines) is 1. The Morgan fingerprint density at radius 2 is 1.87 bits per heavy atom. The zero-order valence-electron chi connectivity index (χ0n) is 16.8. The van der Waals surface area contributed by atoms with Gasteiger partial charge in [-0.25, -0.2) is 4.79 Å². The maximum absolute atomic E-state index is 12.4. The summed E-state index contributed by atoms with van der Waals surface area (Å²) >= 11 is 0. The van der Waals surface area contributed by atoms with Crippen molar-refractivity contribution in [2.45, 2.75) is 25.0 Å². The minimum Gasteiger partial charge on any atom is -0.507 e. The number of fused-ring (bicyclic) bond motifs is 1. The van der Waals surface area contributed by atoms with E-state index < -0.39 is 12.0 Å². The fourth-order valence-corrected chi connectivity index (χ4v) is 4.11. The van der Waals surface area contributed by atoms with Gasteiger partial charge in [-0.1, -0.05) is 18.2 Å². The van der Waals surface area contributed by atoms with Crippen molar-refractivity contribution in [2.75, 3.05) is 19.6 Å². The Balaban J connectivity index is 0.00000171. The van der Waals surface area contributed by atoms with Gasteiger partial charge in [-0.15, -0.1) is 12.4 Å². The summed E-state index contributed by atoms with van der Waals surface area (Å²) in [4.78, 5) is 28.8. The van der Waals surface area contributed by atoms with Crippen LogP contribution in [0.15, 0.2) is 47.3 Å². The summed E-state index contributed by atoms with van der Waals surface area (Å²) in [5, 5.41) is 20.3. The van der Waals surface area contributed by atoms with Gasteiger partial charge in [0.2, 0.25) is 0 Å². The van der Waals surface area contributed by atoms with Crippen molar-refractivity contribution in [1.82, 2.24) is 14.5 Å². The first-order valence-corrected chi connectivity index (χ1v) is 9.66. The number of aliphatic hydroxyl groups is 1. The van der Waals surface area contributed by atoms with E-state index in [0.717, 1.165) is 37.0 Å². The quantitative estimate of drug-likeness (QED) is 0.458. The Morgan fingerprint density at radius 1 is 1.19 bits per heavy atom. The summed E-state index contributed by atoms with van der Waals surface area (Å²) < 4.78 is 1.84. The first kappa shape index (κ1) is 24.4. The topological polar surface area (TPSA) is 156 Å². The Bertz CT molecular complexity index is 1100. The van der Waals surface area contributed by atoms with E-state index in [9.17, 15) is 19.8 Å². The van der Waals surface area contributed by atoms with Crippen molar-refractivity contribution >= 4 is 29.3 Å². The number of H-pyrrole nitrogens is 1. The Morgan fingerprint density at radius 3 is 2.55 bits per heavy atom. The Kier molecular flexibility index (Phi) is 7.85. The largest absolute Gasteiger partial charge is 0.507 e. The fourth-order valence-electron chi connectivity index (χ4n) is 4.11. The number of nitrogens with zero attached hydrogens (tertiary/aromatic N) is 2. The number of aromatic nitrogens is 2. The SMILES string of the molecule is Cl.NC(=O)c1cc(C(O)CN2CCC(n3c(=O)[nH]c4ccccc43)CC2)ccc1O.O. The van der Waals surface area contributed by atoms with Gasteiger partial charge in [0.15, 0.2) is 0 Å². The third-order valence-corrected chi connectivity index (χ3v) is 5.65. The summed E-state index contributed by atoms with van der Waals surface area (Å²) in [6, 6.07) is 12.2. The molecule has 1 unspecified atom stereocenters. The lowest BCUT2D eigenvalue weighted by atomic mass is 10.0. The number of nitrogens with two attached hydrogens (primary N) is 1. The molecule has 0 bridgehead atoms. The first-order valence-electron chi connectivity index (χ1n) is 9.66. The average molecular weight is 451 g/mol. The van der Waals surface area contributed by atoms with Gasteiger partial charge in [-0.2, -0.15) is 0 Å². The molecule has 1 saturated heterocycles. The van der Waals surface area contributed by atoms with Crippen LogP contribution in [0.2, 0.25) is 0 Å². The molecule has 1 aromatic heterocycles. The molecule has 0 spiro atoms. The van der Waals surface area contributed by atoms with E-state index in [-0.39, 0.29) is 40.9 Å². The highest BCUT2D eigenvalue weighted by Gasteiger charge is 2.25. The molecule has 1 aliphatic heterocycles. The van der Waals surface area contributed by atoms with Gasteiger partial charge < -0.3 is 31.3 Å². The Labute approximate surface area is 184 Å². The van der Waals surface area contributed by atoms with Crippen LogP contribution in [-0.2, 0) is 0 Å². The normalized spacial score (nSPS) is 15.8. The number of aromatic hydroxyl groups is 1. The Hall–Kier alpha value is -2.85. The number of benzene rings is 2. The summed E-state index contributed by atoms with van der Waals surface area (Å²) in [5.74, 6) is -0.931. The van der Waals surface area contributed by atoms with Crippen LogP contribution in [0, 0.1) is 0 Å². The smallest absolute Gasteiger partial charge is 0.326 e. The molecule has 9 nitrogen and oxygen atoms in total. The molecule has 3 aromatic rings. The molecular weight excluding hydrogens is 424 g/mol. The summed E-state index contributed by atoms with van der Waals surface area (Å²) in [6.45, 7) is 1.89. The molecule has 1 aliphatic rings. The van der Waals surface area contributed by atoms with Gasteiger partial charge in [0.05, 0.1) is 22.7 Å². The number of phenols is 1. The van der Waals surface area contributed by atoms with Crippen molar-refractivity contribution < 1.29 is 20.5 Å². The van der Waals surface area contributed by atoms with E-state index in [1.807, 2.05) is 28.8 Å². The third kappa shape index (κ3) is 4.91. The number of imidazole rings is 1. The molecule has 1 fully saturated rings. The molecule has 1 atom stereocenters. The number of carbonyl (C=O) groups is 1. The van der Waals surface area contributed by atoms with E-state index >= 15 is 0 Å². The van der Waals surface area contributed by atoms with E-state index in [2.05, 4.69) is 9.88 Å². The van der Waals surface area contributed by atoms with Gasteiger partial charge in [0.1, 0.15) is 5.75 Å². The highest BCUT2D eigenvalue weighted by atomic mass is 35.5. The molecule has 2 heterocycles. The number of para-hydroxylation sites is 2. The standard InChI is InChI=1S/C21H24N4O4.ClH.H2O/c22-20(28)15-11-13(5-6-18(15)26)19(27)12-24-9-7-14(8-10-24)25-17-4-2-1-3-16(17)23-21(25)29;;/h1-6,11,14,19,26-27H,7-10,12H2,(H2,22,28)(H,23,29);1H;1H2. The van der Waals surface area contributed by atoms with Crippen LogP contribution in [0.25, 0.3) is 11.0 Å². The summed E-state index contributed by atoms with van der Waals surface area (Å²) in [6.07, 6.45) is 0.800. The lowest BCUT2D eigenvalue weighted by Gasteiger charge is -2.33. The van der Waals surface area contributed by atoms with Crippen LogP contribution in [0.4, 0.5) is 0 Å². The van der Waals surface area contributed by atoms with Crippen molar-refractivity contribution in [3.8, 4) is 5.75 Å². The average Bonchev–Trinajstić information content (AvgIpc) is 3.04. The minimum atomic E-state index is -0.805. The number of amides is 1. The van der Waals surface area contributed by atoms with Crippen molar-refractivity contribution in [2.24, 2.45) is 5.73 Å². The van der Waals surface area contributed by atoms with Gasteiger partial charge in [-0.05, 0) is 42.7 Å². The minimum absolute atomic E-state index is 0. The number of hydrogen-bond acceptors (Lipinski definition) is 5. The van der Waals surface area contributed by atoms with Crippen LogP contribution < -0.4 is 11.4 Å². The maximum Gasteiger partial charge on any atom is 0.326 e. The molecule has 0 aliphatic carbocycles. The van der Waals surface area contributed by atoms with Gasteiger partial charge in [-0.3, -0.25) is 9.36 Å². The number of β-amino-alcohol motifs (C(OH)–C–C–N with tert-alkyl or cyclic N) is 1. The highest BCUT2D eigenvalue weighted by molar-refractivity contribution is 5.95. The van der Waals surface area contributed by atoms with Crippen LogP contribution >= 0.6 is 12.4 Å². The number of rotatable bonds is 5. The second kappa shape index (κ2) is 9.97. The zero-order chi connectivity index (χ0) is 20.5. The maximum atomic E-state index is 12.4. The molecule has 7 N–H and O–H groups in total. The number of primary amides is 1. The van der Waals surface area contributed by atoms with E-state index in [4.69, 9.17) is 5.73 Å². The molecular formula is C21H27ClN4O5. The summed E-state index contributed by atoms with van der Waals surface area (Å²) in [7, 11) is 0. The van der Waals surface area contributed by atoms with Gasteiger partial charge >= 0.3 is 5.69 Å². The predicted molar refractivity (Wildman–Crippen MR) is 120 cm³/mol. The number of halogens is 1. The van der Waals surface area contributed by atoms with E-state index in [1.54, 1.807) is 6.07 Å². The van der Waals surface area contributed by atoms with Crippen molar-refractivity contribution in [1.29, 1.82) is 0 Å². The van der Waals surface area contributed by atoms with Crippen LogP contribution in [0.1, 0.15) is 40.9 Å². The lowest BCUT2D eigenvalue weighted by Crippen LogP contribution is -2.39. The number of piperidine rings is 1.